The van der Waals surface area contributed by atoms with Crippen molar-refractivity contribution < 1.29 is 18.7 Å². The molecule has 0 saturated heterocycles. The maximum absolute atomic E-state index is 14.9. The Morgan fingerprint density at radius 1 is 1.24 bits per heavy atom. The van der Waals surface area contributed by atoms with Crippen molar-refractivity contribution in [2.75, 3.05) is 13.2 Å². The van der Waals surface area contributed by atoms with Gasteiger partial charge >= 0.3 is 0 Å². The van der Waals surface area contributed by atoms with Crippen molar-refractivity contribution >= 4 is 22.3 Å². The third-order valence-corrected chi connectivity index (χ3v) is 4.44. The van der Waals surface area contributed by atoms with E-state index in [2.05, 4.69) is 20.2 Å². The fraction of sp³-hybridized carbons (Fsp3) is 0.200. The normalized spacial score (nSPS) is 12.1. The van der Waals surface area contributed by atoms with E-state index in [0.29, 0.717) is 22.7 Å². The molecule has 3 aromatic heterocycles. The second-order valence-electron chi connectivity index (χ2n) is 6.37. The molecule has 0 atom stereocenters. The molecule has 0 aliphatic rings. The van der Waals surface area contributed by atoms with Gasteiger partial charge in [-0.05, 0) is 31.2 Å². The standard InChI is InChI=1S/C20H17F2N5O2/c1-12(26-29-8-7-28)17-4-5-19-24-11-13(27(19)25-17)9-15-16(21)10-18-14(20(15)22)3-2-6-23-18/h2-6,10-11,28H,7-9H2,1H3. The zero-order valence-corrected chi connectivity index (χ0v) is 15.5. The zero-order valence-electron chi connectivity index (χ0n) is 15.5. The van der Waals surface area contributed by atoms with Crippen LogP contribution in [-0.2, 0) is 11.3 Å². The Labute approximate surface area is 164 Å². The Balaban J connectivity index is 1.73. The van der Waals surface area contributed by atoms with Gasteiger partial charge in [0, 0.05) is 29.6 Å². The van der Waals surface area contributed by atoms with Gasteiger partial charge in [0.05, 0.1) is 24.0 Å². The van der Waals surface area contributed by atoms with E-state index in [4.69, 9.17) is 9.94 Å². The van der Waals surface area contributed by atoms with Crippen LogP contribution in [0.2, 0.25) is 0 Å². The van der Waals surface area contributed by atoms with Gasteiger partial charge in [-0.15, -0.1) is 0 Å². The smallest absolute Gasteiger partial charge is 0.153 e. The number of aliphatic hydroxyl groups is 1. The molecule has 0 spiro atoms. The predicted molar refractivity (Wildman–Crippen MR) is 103 cm³/mol. The van der Waals surface area contributed by atoms with Gasteiger partial charge in [0.25, 0.3) is 0 Å². The molecular formula is C20H17F2N5O2. The molecule has 0 amide bonds. The Morgan fingerprint density at radius 3 is 2.93 bits per heavy atom. The number of aromatic nitrogens is 4. The number of pyridine rings is 1. The second-order valence-corrected chi connectivity index (χ2v) is 6.37. The van der Waals surface area contributed by atoms with Crippen molar-refractivity contribution in [1.29, 1.82) is 0 Å². The van der Waals surface area contributed by atoms with E-state index >= 15 is 0 Å². The quantitative estimate of drug-likeness (QED) is 0.307. The molecule has 0 saturated carbocycles. The van der Waals surface area contributed by atoms with Gasteiger partial charge in [0.15, 0.2) is 5.65 Å². The molecule has 0 aliphatic carbocycles. The highest BCUT2D eigenvalue weighted by Gasteiger charge is 2.17. The van der Waals surface area contributed by atoms with Crippen LogP contribution in [0.3, 0.4) is 0 Å². The van der Waals surface area contributed by atoms with Crippen molar-refractivity contribution in [1.82, 2.24) is 19.6 Å². The number of benzene rings is 1. The number of aliphatic hydroxyl groups excluding tert-OH is 1. The summed E-state index contributed by atoms with van der Waals surface area (Å²) < 4.78 is 31.0. The van der Waals surface area contributed by atoms with Gasteiger partial charge in [0.2, 0.25) is 0 Å². The first kappa shape index (κ1) is 18.9. The topological polar surface area (TPSA) is 84.9 Å². The number of fused-ring (bicyclic) bond motifs is 2. The molecule has 0 aliphatic heterocycles. The van der Waals surface area contributed by atoms with Crippen LogP contribution in [0.25, 0.3) is 16.6 Å². The van der Waals surface area contributed by atoms with Crippen LogP contribution in [0.1, 0.15) is 23.9 Å². The van der Waals surface area contributed by atoms with Gasteiger partial charge in [-0.3, -0.25) is 4.98 Å². The second kappa shape index (κ2) is 7.88. The van der Waals surface area contributed by atoms with Crippen molar-refractivity contribution in [3.05, 3.63) is 71.3 Å². The van der Waals surface area contributed by atoms with E-state index in [0.717, 1.165) is 0 Å². The van der Waals surface area contributed by atoms with Crippen LogP contribution in [0.4, 0.5) is 8.78 Å². The summed E-state index contributed by atoms with van der Waals surface area (Å²) in [5.74, 6) is -1.32. The maximum atomic E-state index is 14.9. The lowest BCUT2D eigenvalue weighted by atomic mass is 10.0. The number of imidazole rings is 1. The average Bonchev–Trinajstić information content (AvgIpc) is 3.13. The minimum absolute atomic E-state index is 0.0304. The van der Waals surface area contributed by atoms with Crippen molar-refractivity contribution in [2.45, 2.75) is 13.3 Å². The molecule has 4 aromatic rings. The number of rotatable bonds is 6. The van der Waals surface area contributed by atoms with E-state index in [1.807, 2.05) is 0 Å². The fourth-order valence-electron chi connectivity index (χ4n) is 3.00. The van der Waals surface area contributed by atoms with Gasteiger partial charge in [-0.2, -0.15) is 5.10 Å². The molecule has 0 unspecified atom stereocenters. The largest absolute Gasteiger partial charge is 0.393 e. The van der Waals surface area contributed by atoms with E-state index < -0.39 is 11.6 Å². The summed E-state index contributed by atoms with van der Waals surface area (Å²) >= 11 is 0. The number of nitrogens with zero attached hydrogens (tertiary/aromatic N) is 5. The zero-order chi connectivity index (χ0) is 20.4. The molecule has 1 aromatic carbocycles. The minimum Gasteiger partial charge on any atom is -0.393 e. The Hall–Kier alpha value is -3.46. The number of halogens is 2. The fourth-order valence-corrected chi connectivity index (χ4v) is 3.00. The number of oxime groups is 1. The monoisotopic (exact) mass is 397 g/mol. The molecule has 3 heterocycles. The lowest BCUT2D eigenvalue weighted by molar-refractivity contribution is 0.0986. The first-order valence-electron chi connectivity index (χ1n) is 8.91. The molecule has 7 nitrogen and oxygen atoms in total. The third-order valence-electron chi connectivity index (χ3n) is 4.44. The van der Waals surface area contributed by atoms with E-state index in [-0.39, 0.29) is 36.1 Å². The summed E-state index contributed by atoms with van der Waals surface area (Å²) in [6.45, 7) is 1.64. The maximum Gasteiger partial charge on any atom is 0.153 e. The summed E-state index contributed by atoms with van der Waals surface area (Å²) in [4.78, 5) is 13.2. The molecule has 0 fully saturated rings. The minimum atomic E-state index is -0.671. The third kappa shape index (κ3) is 3.64. The number of hydrogen-bond donors (Lipinski definition) is 1. The van der Waals surface area contributed by atoms with Crippen molar-refractivity contribution in [3.8, 4) is 0 Å². The van der Waals surface area contributed by atoms with Gasteiger partial charge in [-0.25, -0.2) is 18.3 Å². The molecule has 1 N–H and O–H groups in total. The molecule has 29 heavy (non-hydrogen) atoms. The van der Waals surface area contributed by atoms with E-state index in [1.54, 1.807) is 31.2 Å². The van der Waals surface area contributed by atoms with E-state index in [9.17, 15) is 8.78 Å². The lowest BCUT2D eigenvalue weighted by Gasteiger charge is -2.08. The van der Waals surface area contributed by atoms with Gasteiger partial charge < -0.3 is 9.94 Å². The Kier molecular flexibility index (Phi) is 5.13. The van der Waals surface area contributed by atoms with Crippen LogP contribution in [-0.4, -0.2) is 43.6 Å². The molecule has 0 bridgehead atoms. The van der Waals surface area contributed by atoms with Gasteiger partial charge in [-0.1, -0.05) is 5.16 Å². The first-order chi connectivity index (χ1) is 14.1. The molecule has 4 rings (SSSR count). The highest BCUT2D eigenvalue weighted by molar-refractivity contribution is 5.96. The van der Waals surface area contributed by atoms with Crippen LogP contribution in [0, 0.1) is 11.6 Å². The highest BCUT2D eigenvalue weighted by Crippen LogP contribution is 2.25. The molecule has 0 radical (unpaired) electrons. The summed E-state index contributed by atoms with van der Waals surface area (Å²) in [6, 6.07) is 7.85. The van der Waals surface area contributed by atoms with Crippen molar-refractivity contribution in [3.63, 3.8) is 0 Å². The predicted octanol–water partition coefficient (Wildman–Crippen LogP) is 2.88. The number of hydrogen-bond acceptors (Lipinski definition) is 6. The van der Waals surface area contributed by atoms with Crippen LogP contribution >= 0.6 is 0 Å². The van der Waals surface area contributed by atoms with Crippen LogP contribution in [0.15, 0.2) is 47.9 Å². The molecule has 148 valence electrons. The highest BCUT2D eigenvalue weighted by atomic mass is 19.1. The van der Waals surface area contributed by atoms with Crippen molar-refractivity contribution in [2.24, 2.45) is 5.16 Å². The molecular weight excluding hydrogens is 380 g/mol. The SMILES string of the molecule is CC(=NOCCO)c1ccc2ncc(Cc3c(F)cc4ncccc4c3F)n2n1. The summed E-state index contributed by atoms with van der Waals surface area (Å²) in [6.07, 6.45) is 3.00. The molecule has 9 heteroatoms. The summed E-state index contributed by atoms with van der Waals surface area (Å²) in [5.41, 5.74) is 2.26. The average molecular weight is 397 g/mol. The lowest BCUT2D eigenvalue weighted by Crippen LogP contribution is -2.08. The van der Waals surface area contributed by atoms with Crippen LogP contribution < -0.4 is 0 Å². The first-order valence-corrected chi connectivity index (χ1v) is 8.91. The Morgan fingerprint density at radius 2 is 2.10 bits per heavy atom. The Bertz CT molecular complexity index is 1220. The summed E-state index contributed by atoms with van der Waals surface area (Å²) in [5, 5.41) is 17.4. The van der Waals surface area contributed by atoms with Gasteiger partial charge in [0.1, 0.15) is 29.6 Å². The summed E-state index contributed by atoms with van der Waals surface area (Å²) in [7, 11) is 0. The van der Waals surface area contributed by atoms with Crippen LogP contribution in [0.5, 0.6) is 0 Å². The van der Waals surface area contributed by atoms with E-state index in [1.165, 1.54) is 23.0 Å².